The number of carbonyl (C=O) groups is 1. The van der Waals surface area contributed by atoms with Crippen molar-refractivity contribution >= 4 is 36.9 Å². The molecule has 0 spiro atoms. The second-order valence-electron chi connectivity index (χ2n) is 6.51. The molecule has 0 amide bonds. The van der Waals surface area contributed by atoms with Crippen LogP contribution in [0.25, 0.3) is 0 Å². The lowest BCUT2D eigenvalue weighted by molar-refractivity contribution is -0.136. The zero-order valence-corrected chi connectivity index (χ0v) is 15.9. The minimum atomic E-state index is -1.90. The maximum atomic E-state index is 10.8. The van der Waals surface area contributed by atoms with Gasteiger partial charge in [-0.1, -0.05) is 20.8 Å². The normalized spacial score (nSPS) is 12.3. The molecule has 0 heterocycles. The third-order valence-electron chi connectivity index (χ3n) is 3.80. The van der Waals surface area contributed by atoms with Crippen LogP contribution in [0.4, 0.5) is 0 Å². The van der Waals surface area contributed by atoms with Crippen LogP contribution in [0.5, 0.6) is 5.75 Å². The molecule has 1 N–H and O–H groups in total. The Morgan fingerprint density at radius 2 is 1.95 bits per heavy atom. The van der Waals surface area contributed by atoms with Gasteiger partial charge in [0.05, 0.1) is 0 Å². The van der Waals surface area contributed by atoms with E-state index >= 15 is 0 Å². The van der Waals surface area contributed by atoms with E-state index in [-0.39, 0.29) is 11.5 Å². The second kappa shape index (κ2) is 6.47. The molecule has 0 bridgehead atoms. The molecule has 0 atom stereocenters. The minimum Gasteiger partial charge on any atom is -0.543 e. The summed E-state index contributed by atoms with van der Waals surface area (Å²) < 4.78 is 7.43. The highest BCUT2D eigenvalue weighted by atomic mass is 127. The Kier molecular flexibility index (Phi) is 5.66. The lowest BCUT2D eigenvalue weighted by Crippen LogP contribution is -2.44. The summed E-state index contributed by atoms with van der Waals surface area (Å²) in [6.07, 6.45) is 0.643. The van der Waals surface area contributed by atoms with E-state index in [1.54, 1.807) is 0 Å². The van der Waals surface area contributed by atoms with E-state index < -0.39 is 14.3 Å². The molecule has 1 aromatic rings. The predicted molar refractivity (Wildman–Crippen MR) is 92.9 cm³/mol. The van der Waals surface area contributed by atoms with Crippen LogP contribution in [0.2, 0.25) is 18.1 Å². The summed E-state index contributed by atoms with van der Waals surface area (Å²) in [6.45, 7) is 11.0. The van der Waals surface area contributed by atoms with E-state index in [2.05, 4.69) is 56.5 Å². The van der Waals surface area contributed by atoms with Gasteiger partial charge in [0.25, 0.3) is 0 Å². The molecule has 0 saturated heterocycles. The molecule has 0 saturated carbocycles. The average molecular weight is 406 g/mol. The Morgan fingerprint density at radius 3 is 2.45 bits per heavy atom. The number of hydrogen-bond acceptors (Lipinski definition) is 2. The first-order valence-electron chi connectivity index (χ1n) is 6.72. The standard InChI is InChI=1S/C15H23IO3Si/c1-15(2,3)20(4,5)19-13-8-7-12(16)10-11(13)6-9-14(17)18/h7-8,10H,6,9H2,1-5H3,(H,17,18). The summed E-state index contributed by atoms with van der Waals surface area (Å²) >= 11 is 2.24. The van der Waals surface area contributed by atoms with E-state index in [1.165, 1.54) is 0 Å². The fourth-order valence-electron chi connectivity index (χ4n) is 1.51. The largest absolute Gasteiger partial charge is 0.543 e. The summed E-state index contributed by atoms with van der Waals surface area (Å²) in [6, 6.07) is 6.00. The summed E-state index contributed by atoms with van der Waals surface area (Å²) in [5, 5.41) is 8.99. The average Bonchev–Trinajstić information content (AvgIpc) is 2.27. The van der Waals surface area contributed by atoms with E-state index in [9.17, 15) is 4.79 Å². The van der Waals surface area contributed by atoms with Crippen LogP contribution in [-0.2, 0) is 11.2 Å². The van der Waals surface area contributed by atoms with Crippen molar-refractivity contribution in [2.75, 3.05) is 0 Å². The molecule has 1 aromatic carbocycles. The summed E-state index contributed by atoms with van der Waals surface area (Å²) in [5.74, 6) is 0.0698. The Bertz CT molecular complexity index is 492. The molecular weight excluding hydrogens is 383 g/mol. The van der Waals surface area contributed by atoms with Crippen LogP contribution >= 0.6 is 22.6 Å². The van der Waals surface area contributed by atoms with Gasteiger partial charge in [-0.3, -0.25) is 4.79 Å². The van der Waals surface area contributed by atoms with Gasteiger partial charge in [0.1, 0.15) is 5.75 Å². The SMILES string of the molecule is CC(C)(C)[Si](C)(C)Oc1ccc(I)cc1CCC(=O)O. The van der Waals surface area contributed by atoms with E-state index in [1.807, 2.05) is 18.2 Å². The van der Waals surface area contributed by atoms with Gasteiger partial charge >= 0.3 is 5.97 Å². The van der Waals surface area contributed by atoms with Crippen LogP contribution in [0.1, 0.15) is 32.8 Å². The number of benzene rings is 1. The Labute approximate surface area is 136 Å². The van der Waals surface area contributed by atoms with Crippen molar-refractivity contribution in [3.8, 4) is 5.75 Å². The van der Waals surface area contributed by atoms with Crippen molar-refractivity contribution in [2.45, 2.75) is 51.7 Å². The van der Waals surface area contributed by atoms with Gasteiger partial charge in [-0.2, -0.15) is 0 Å². The van der Waals surface area contributed by atoms with Crippen LogP contribution in [0, 0.1) is 3.57 Å². The monoisotopic (exact) mass is 406 g/mol. The highest BCUT2D eigenvalue weighted by molar-refractivity contribution is 14.1. The van der Waals surface area contributed by atoms with Crippen LogP contribution in [-0.4, -0.2) is 19.4 Å². The van der Waals surface area contributed by atoms with E-state index in [0.29, 0.717) is 6.42 Å². The predicted octanol–water partition coefficient (Wildman–Crippen LogP) is 4.69. The molecule has 0 aromatic heterocycles. The highest BCUT2D eigenvalue weighted by Crippen LogP contribution is 2.38. The van der Waals surface area contributed by atoms with Crippen LogP contribution in [0.3, 0.4) is 0 Å². The van der Waals surface area contributed by atoms with E-state index in [0.717, 1.165) is 14.9 Å². The molecule has 0 aliphatic heterocycles. The maximum Gasteiger partial charge on any atom is 0.303 e. The molecule has 0 aliphatic rings. The molecule has 3 nitrogen and oxygen atoms in total. The van der Waals surface area contributed by atoms with E-state index in [4.69, 9.17) is 9.53 Å². The smallest absolute Gasteiger partial charge is 0.303 e. The van der Waals surface area contributed by atoms with Crippen molar-refractivity contribution in [2.24, 2.45) is 0 Å². The second-order valence-corrected chi connectivity index (χ2v) is 12.5. The third-order valence-corrected chi connectivity index (χ3v) is 8.82. The maximum absolute atomic E-state index is 10.8. The Balaban J connectivity index is 3.02. The van der Waals surface area contributed by atoms with Gasteiger partial charge in [0, 0.05) is 9.99 Å². The zero-order chi connectivity index (χ0) is 15.6. The zero-order valence-electron chi connectivity index (χ0n) is 12.8. The summed E-state index contributed by atoms with van der Waals surface area (Å²) in [7, 11) is -1.90. The Hall–Kier alpha value is -0.563. The lowest BCUT2D eigenvalue weighted by atomic mass is 10.1. The lowest BCUT2D eigenvalue weighted by Gasteiger charge is -2.37. The molecule has 5 heteroatoms. The highest BCUT2D eigenvalue weighted by Gasteiger charge is 2.39. The number of aryl methyl sites for hydroxylation is 1. The van der Waals surface area contributed by atoms with Crippen LogP contribution in [0.15, 0.2) is 18.2 Å². The van der Waals surface area contributed by atoms with Crippen molar-refractivity contribution in [1.82, 2.24) is 0 Å². The first kappa shape index (κ1) is 17.5. The molecule has 0 unspecified atom stereocenters. The molecule has 0 aliphatic carbocycles. The molecule has 20 heavy (non-hydrogen) atoms. The van der Waals surface area contributed by atoms with Gasteiger partial charge in [-0.15, -0.1) is 0 Å². The minimum absolute atomic E-state index is 0.125. The van der Waals surface area contributed by atoms with Crippen molar-refractivity contribution in [3.63, 3.8) is 0 Å². The van der Waals surface area contributed by atoms with Gasteiger partial charge in [-0.05, 0) is 70.9 Å². The van der Waals surface area contributed by atoms with Crippen molar-refractivity contribution in [3.05, 3.63) is 27.3 Å². The number of halogens is 1. The molecular formula is C15H23IO3Si. The molecule has 0 fully saturated rings. The quantitative estimate of drug-likeness (QED) is 0.570. The fourth-order valence-corrected chi connectivity index (χ4v) is 3.12. The van der Waals surface area contributed by atoms with Crippen molar-refractivity contribution in [1.29, 1.82) is 0 Å². The molecule has 1 rings (SSSR count). The third kappa shape index (κ3) is 4.77. The summed E-state index contributed by atoms with van der Waals surface area (Å²) in [4.78, 5) is 10.8. The van der Waals surface area contributed by atoms with Gasteiger partial charge < -0.3 is 9.53 Å². The fraction of sp³-hybridized carbons (Fsp3) is 0.533. The summed E-state index contributed by atoms with van der Waals surface area (Å²) in [5.41, 5.74) is 0.990. The number of aliphatic carboxylic acids is 1. The number of hydrogen-bond donors (Lipinski definition) is 1. The molecule has 0 radical (unpaired) electrons. The molecule has 112 valence electrons. The number of carboxylic acid groups (broad SMARTS) is 1. The topological polar surface area (TPSA) is 46.5 Å². The first-order chi connectivity index (χ1) is 9.03. The van der Waals surface area contributed by atoms with Gasteiger partial charge in [0.15, 0.2) is 0 Å². The van der Waals surface area contributed by atoms with Gasteiger partial charge in [0.2, 0.25) is 8.32 Å². The Morgan fingerprint density at radius 1 is 1.35 bits per heavy atom. The van der Waals surface area contributed by atoms with Crippen molar-refractivity contribution < 1.29 is 14.3 Å². The first-order valence-corrected chi connectivity index (χ1v) is 10.7. The van der Waals surface area contributed by atoms with Crippen LogP contribution < -0.4 is 4.43 Å². The van der Waals surface area contributed by atoms with Gasteiger partial charge in [-0.25, -0.2) is 0 Å². The number of carboxylic acids is 1. The number of rotatable bonds is 5.